The van der Waals surface area contributed by atoms with Crippen molar-refractivity contribution in [1.82, 2.24) is 20.1 Å². The lowest BCUT2D eigenvalue weighted by atomic mass is 10.0. The number of fused-ring (bicyclic) bond motifs is 1. The molecule has 0 radical (unpaired) electrons. The number of rotatable bonds is 4. The Morgan fingerprint density at radius 1 is 1.09 bits per heavy atom. The fourth-order valence-corrected chi connectivity index (χ4v) is 4.06. The molecule has 162 valence electrons. The van der Waals surface area contributed by atoms with Crippen molar-refractivity contribution in [3.8, 4) is 28.1 Å². The minimum absolute atomic E-state index is 0.0256. The number of benzene rings is 2. The summed E-state index contributed by atoms with van der Waals surface area (Å²) in [7, 11) is 1.66. The van der Waals surface area contributed by atoms with Crippen LogP contribution in [0.2, 0.25) is 0 Å². The molecule has 3 heterocycles. The molecule has 0 saturated carbocycles. The number of aromatic amines is 1. The molecular weight excluding hydrogens is 404 g/mol. The van der Waals surface area contributed by atoms with Crippen molar-refractivity contribution in [2.24, 2.45) is 0 Å². The zero-order chi connectivity index (χ0) is 22.1. The van der Waals surface area contributed by atoms with E-state index in [1.807, 2.05) is 48.2 Å². The minimum atomic E-state index is 0.0256. The van der Waals surface area contributed by atoms with E-state index in [0.717, 1.165) is 39.1 Å². The number of morpholine rings is 1. The first-order chi connectivity index (χ1) is 15.6. The van der Waals surface area contributed by atoms with E-state index in [1.54, 1.807) is 13.3 Å². The fourth-order valence-electron chi connectivity index (χ4n) is 4.06. The normalized spacial score (nSPS) is 14.0. The molecule has 0 spiro atoms. The molecule has 0 bridgehead atoms. The number of aryl methyl sites for hydroxylation is 1. The number of amides is 1. The van der Waals surface area contributed by atoms with Gasteiger partial charge in [-0.25, -0.2) is 4.98 Å². The zero-order valence-corrected chi connectivity index (χ0v) is 18.1. The van der Waals surface area contributed by atoms with Gasteiger partial charge in [-0.15, -0.1) is 0 Å². The van der Waals surface area contributed by atoms with Gasteiger partial charge in [0.15, 0.2) is 5.65 Å². The summed E-state index contributed by atoms with van der Waals surface area (Å²) in [6.07, 6.45) is 1.79. The molecule has 0 unspecified atom stereocenters. The molecule has 2 aromatic heterocycles. The van der Waals surface area contributed by atoms with E-state index in [1.165, 1.54) is 0 Å². The van der Waals surface area contributed by atoms with E-state index >= 15 is 0 Å². The first kappa shape index (κ1) is 20.2. The number of hydrogen-bond donors (Lipinski definition) is 1. The van der Waals surface area contributed by atoms with Crippen molar-refractivity contribution in [1.29, 1.82) is 0 Å². The van der Waals surface area contributed by atoms with Crippen LogP contribution >= 0.6 is 0 Å². The molecule has 7 nitrogen and oxygen atoms in total. The Morgan fingerprint density at radius 3 is 2.75 bits per heavy atom. The Balaban J connectivity index is 1.54. The summed E-state index contributed by atoms with van der Waals surface area (Å²) in [4.78, 5) is 19.3. The van der Waals surface area contributed by atoms with Crippen LogP contribution in [0.25, 0.3) is 33.4 Å². The number of hydrogen-bond acceptors (Lipinski definition) is 5. The maximum absolute atomic E-state index is 12.9. The molecule has 0 atom stereocenters. The summed E-state index contributed by atoms with van der Waals surface area (Å²) in [5.41, 5.74) is 6.07. The van der Waals surface area contributed by atoms with E-state index in [4.69, 9.17) is 9.47 Å². The number of carbonyl (C=O) groups is 1. The Bertz CT molecular complexity index is 1290. The van der Waals surface area contributed by atoms with Crippen LogP contribution in [0.5, 0.6) is 5.75 Å². The van der Waals surface area contributed by atoms with Crippen molar-refractivity contribution in [2.75, 3.05) is 33.4 Å². The Hall–Kier alpha value is -3.71. The van der Waals surface area contributed by atoms with Gasteiger partial charge in [0.2, 0.25) is 0 Å². The fraction of sp³-hybridized carbons (Fsp3) is 0.240. The van der Waals surface area contributed by atoms with Gasteiger partial charge in [-0.3, -0.25) is 9.89 Å². The maximum atomic E-state index is 12.9. The predicted octanol–water partition coefficient (Wildman–Crippen LogP) is 4.08. The third kappa shape index (κ3) is 3.71. The van der Waals surface area contributed by atoms with Crippen molar-refractivity contribution >= 4 is 16.9 Å². The molecule has 4 aromatic rings. The largest absolute Gasteiger partial charge is 0.496 e. The number of ether oxygens (including phenoxy) is 2. The molecule has 1 aliphatic rings. The van der Waals surface area contributed by atoms with E-state index in [2.05, 4.69) is 27.3 Å². The lowest BCUT2D eigenvalue weighted by molar-refractivity contribution is 0.0303. The second kappa shape index (κ2) is 8.43. The zero-order valence-electron chi connectivity index (χ0n) is 18.1. The lowest BCUT2D eigenvalue weighted by Crippen LogP contribution is -2.40. The SMILES string of the molecule is COc1ccc(C)cc1-c1[nH]nc2ncc(-c3cccc(C(=O)N4CCOCC4)c3)cc12. The van der Waals surface area contributed by atoms with Gasteiger partial charge < -0.3 is 14.4 Å². The second-order valence-electron chi connectivity index (χ2n) is 7.88. The number of H-pyrrole nitrogens is 1. The monoisotopic (exact) mass is 428 g/mol. The van der Waals surface area contributed by atoms with Crippen LogP contribution in [0.4, 0.5) is 0 Å². The number of carbonyl (C=O) groups excluding carboxylic acids is 1. The minimum Gasteiger partial charge on any atom is -0.496 e. The van der Waals surface area contributed by atoms with Gasteiger partial charge in [0.1, 0.15) is 5.75 Å². The quantitative estimate of drug-likeness (QED) is 0.530. The molecule has 1 amide bonds. The van der Waals surface area contributed by atoms with Crippen molar-refractivity contribution < 1.29 is 14.3 Å². The standard InChI is InChI=1S/C25H24N4O3/c1-16-6-7-22(31-2)20(12-16)23-21-14-19(15-26-24(21)28-27-23)17-4-3-5-18(13-17)25(30)29-8-10-32-11-9-29/h3-7,12-15H,8-11H2,1-2H3,(H,26,27,28). The summed E-state index contributed by atoms with van der Waals surface area (Å²) in [5, 5.41) is 8.40. The lowest BCUT2D eigenvalue weighted by Gasteiger charge is -2.27. The third-order valence-corrected chi connectivity index (χ3v) is 5.78. The van der Waals surface area contributed by atoms with E-state index in [-0.39, 0.29) is 5.91 Å². The molecule has 32 heavy (non-hydrogen) atoms. The molecule has 1 fully saturated rings. The van der Waals surface area contributed by atoms with Crippen LogP contribution in [0, 0.1) is 6.92 Å². The van der Waals surface area contributed by atoms with E-state index in [0.29, 0.717) is 37.5 Å². The number of nitrogens with zero attached hydrogens (tertiary/aromatic N) is 3. The molecular formula is C25H24N4O3. The summed E-state index contributed by atoms with van der Waals surface area (Å²) in [5.74, 6) is 0.794. The van der Waals surface area contributed by atoms with Crippen LogP contribution in [-0.2, 0) is 4.74 Å². The number of nitrogens with one attached hydrogen (secondary N) is 1. The van der Waals surface area contributed by atoms with Crippen molar-refractivity contribution in [3.05, 3.63) is 65.9 Å². The third-order valence-electron chi connectivity index (χ3n) is 5.78. The highest BCUT2D eigenvalue weighted by atomic mass is 16.5. The summed E-state index contributed by atoms with van der Waals surface area (Å²) < 4.78 is 10.9. The van der Waals surface area contributed by atoms with Gasteiger partial charge in [-0.2, -0.15) is 5.10 Å². The molecule has 1 aliphatic heterocycles. The highest BCUT2D eigenvalue weighted by molar-refractivity contribution is 5.97. The molecule has 7 heteroatoms. The van der Waals surface area contributed by atoms with Crippen LogP contribution in [-0.4, -0.2) is 59.4 Å². The highest BCUT2D eigenvalue weighted by Gasteiger charge is 2.19. The van der Waals surface area contributed by atoms with Gasteiger partial charge >= 0.3 is 0 Å². The van der Waals surface area contributed by atoms with Gasteiger partial charge in [-0.1, -0.05) is 23.8 Å². The number of aromatic nitrogens is 3. The van der Waals surface area contributed by atoms with Crippen LogP contribution in [0.1, 0.15) is 15.9 Å². The average Bonchev–Trinajstić information content (AvgIpc) is 3.27. The smallest absolute Gasteiger partial charge is 0.254 e. The molecule has 1 saturated heterocycles. The topological polar surface area (TPSA) is 80.3 Å². The molecule has 5 rings (SSSR count). The van der Waals surface area contributed by atoms with Gasteiger partial charge in [0.05, 0.1) is 26.0 Å². The van der Waals surface area contributed by atoms with Crippen LogP contribution in [0.15, 0.2) is 54.7 Å². The van der Waals surface area contributed by atoms with Gasteiger partial charge in [0, 0.05) is 41.4 Å². The van der Waals surface area contributed by atoms with Gasteiger partial charge in [-0.05, 0) is 42.8 Å². The summed E-state index contributed by atoms with van der Waals surface area (Å²) in [6, 6.07) is 15.8. The van der Waals surface area contributed by atoms with Crippen molar-refractivity contribution in [3.63, 3.8) is 0 Å². The summed E-state index contributed by atoms with van der Waals surface area (Å²) in [6.45, 7) is 4.44. The van der Waals surface area contributed by atoms with Crippen LogP contribution < -0.4 is 4.74 Å². The first-order valence-corrected chi connectivity index (χ1v) is 10.6. The number of methoxy groups -OCH3 is 1. The first-order valence-electron chi connectivity index (χ1n) is 10.6. The average molecular weight is 428 g/mol. The van der Waals surface area contributed by atoms with E-state index in [9.17, 15) is 4.79 Å². The Morgan fingerprint density at radius 2 is 1.94 bits per heavy atom. The molecule has 2 aromatic carbocycles. The molecule has 0 aliphatic carbocycles. The molecule has 1 N–H and O–H groups in total. The maximum Gasteiger partial charge on any atom is 0.254 e. The highest BCUT2D eigenvalue weighted by Crippen LogP contribution is 2.35. The second-order valence-corrected chi connectivity index (χ2v) is 7.88. The Labute approximate surface area is 186 Å². The van der Waals surface area contributed by atoms with E-state index < -0.39 is 0 Å². The summed E-state index contributed by atoms with van der Waals surface area (Å²) >= 11 is 0. The van der Waals surface area contributed by atoms with Crippen molar-refractivity contribution in [2.45, 2.75) is 6.92 Å². The number of pyridine rings is 1. The Kier molecular flexibility index (Phi) is 5.33. The predicted molar refractivity (Wildman–Crippen MR) is 123 cm³/mol. The van der Waals surface area contributed by atoms with Gasteiger partial charge in [0.25, 0.3) is 5.91 Å². The van der Waals surface area contributed by atoms with Crippen LogP contribution in [0.3, 0.4) is 0 Å².